The highest BCUT2D eigenvalue weighted by atomic mass is 19.3. The summed E-state index contributed by atoms with van der Waals surface area (Å²) in [4.78, 5) is 4.49. The lowest BCUT2D eigenvalue weighted by Crippen LogP contribution is -2.25. The second kappa shape index (κ2) is 12.0. The summed E-state index contributed by atoms with van der Waals surface area (Å²) in [6.45, 7) is 0.543. The third-order valence-corrected chi connectivity index (χ3v) is 6.94. The van der Waals surface area contributed by atoms with Crippen molar-refractivity contribution in [1.29, 1.82) is 0 Å². The fourth-order valence-corrected chi connectivity index (χ4v) is 4.70. The Hall–Kier alpha value is -4.51. The predicted molar refractivity (Wildman–Crippen MR) is 146 cm³/mol. The number of rotatable bonds is 8. The highest BCUT2D eigenvalue weighted by Gasteiger charge is 2.41. The Morgan fingerprint density at radius 2 is 1.37 bits per heavy atom. The molecule has 2 N–H and O–H groups in total. The molecule has 1 unspecified atom stereocenters. The van der Waals surface area contributed by atoms with Crippen molar-refractivity contribution in [3.05, 3.63) is 124 Å². The molecule has 1 aliphatic rings. The molecular formula is C32H22F8N2O. The largest absolute Gasteiger partial charge is 0.432 e. The fourth-order valence-electron chi connectivity index (χ4n) is 4.70. The van der Waals surface area contributed by atoms with Gasteiger partial charge in [0, 0.05) is 36.4 Å². The Labute approximate surface area is 240 Å². The highest BCUT2D eigenvalue weighted by molar-refractivity contribution is 5.73. The molecule has 4 aromatic rings. The van der Waals surface area contributed by atoms with E-state index in [1.54, 1.807) is 12.2 Å². The Morgan fingerprint density at radius 3 is 1.95 bits per heavy atom. The smallest absolute Gasteiger partial charge is 0.429 e. The van der Waals surface area contributed by atoms with Gasteiger partial charge >= 0.3 is 6.11 Å². The minimum Gasteiger partial charge on any atom is -0.429 e. The molecule has 0 spiro atoms. The molecule has 0 saturated carbocycles. The summed E-state index contributed by atoms with van der Waals surface area (Å²) in [6.07, 6.45) is 1.34. The van der Waals surface area contributed by atoms with Crippen LogP contribution in [0.25, 0.3) is 23.3 Å². The van der Waals surface area contributed by atoms with Gasteiger partial charge in [0.1, 0.15) is 28.8 Å². The Kier molecular flexibility index (Phi) is 8.36. The van der Waals surface area contributed by atoms with Gasteiger partial charge in [0.2, 0.25) is 0 Å². The van der Waals surface area contributed by atoms with Crippen molar-refractivity contribution in [2.45, 2.75) is 18.6 Å². The van der Waals surface area contributed by atoms with Gasteiger partial charge in [-0.25, -0.2) is 26.3 Å². The zero-order valence-electron chi connectivity index (χ0n) is 22.1. The van der Waals surface area contributed by atoms with E-state index in [0.29, 0.717) is 24.2 Å². The molecule has 0 saturated heterocycles. The van der Waals surface area contributed by atoms with Crippen LogP contribution < -0.4 is 10.5 Å². The molecule has 43 heavy (non-hydrogen) atoms. The van der Waals surface area contributed by atoms with Crippen LogP contribution in [0.15, 0.2) is 71.7 Å². The molecule has 11 heteroatoms. The first-order valence-corrected chi connectivity index (χ1v) is 13.0. The van der Waals surface area contributed by atoms with Gasteiger partial charge in [0.25, 0.3) is 0 Å². The van der Waals surface area contributed by atoms with E-state index in [2.05, 4.69) is 9.73 Å². The van der Waals surface area contributed by atoms with Gasteiger partial charge in [-0.15, -0.1) is 0 Å². The molecule has 1 heterocycles. The quantitative estimate of drug-likeness (QED) is 0.125. The molecule has 5 rings (SSSR count). The van der Waals surface area contributed by atoms with Crippen LogP contribution in [0.5, 0.6) is 5.75 Å². The first-order chi connectivity index (χ1) is 20.4. The molecule has 0 fully saturated rings. The first-order valence-electron chi connectivity index (χ1n) is 13.0. The van der Waals surface area contributed by atoms with Gasteiger partial charge in [-0.1, -0.05) is 48.6 Å². The van der Waals surface area contributed by atoms with Crippen LogP contribution in [0.2, 0.25) is 0 Å². The summed E-state index contributed by atoms with van der Waals surface area (Å²) < 4.78 is 118. The molecule has 3 nitrogen and oxygen atoms in total. The van der Waals surface area contributed by atoms with Crippen LogP contribution in [0.1, 0.15) is 34.7 Å². The van der Waals surface area contributed by atoms with Crippen LogP contribution in [-0.4, -0.2) is 12.8 Å². The minimum absolute atomic E-state index is 0.0552. The Bertz CT molecular complexity index is 1670. The van der Waals surface area contributed by atoms with E-state index in [1.807, 2.05) is 30.5 Å². The maximum absolute atomic E-state index is 15.0. The zero-order chi connectivity index (χ0) is 30.9. The van der Waals surface area contributed by atoms with Gasteiger partial charge in [0.05, 0.1) is 6.04 Å². The van der Waals surface area contributed by atoms with Crippen molar-refractivity contribution in [3.8, 4) is 16.9 Å². The normalized spacial score (nSPS) is 16.8. The number of nitrogens with zero attached hydrogens (tertiary/aromatic N) is 1. The maximum Gasteiger partial charge on any atom is 0.432 e. The number of hydrogen-bond acceptors (Lipinski definition) is 3. The highest BCUT2D eigenvalue weighted by Crippen LogP contribution is 2.38. The summed E-state index contributed by atoms with van der Waals surface area (Å²) in [5.74, 6) is -11.1. The van der Waals surface area contributed by atoms with Crippen LogP contribution in [-0.2, 0) is 6.11 Å². The molecule has 2 atom stereocenters. The van der Waals surface area contributed by atoms with Crippen molar-refractivity contribution in [1.82, 2.24) is 0 Å². The number of nitrogens with two attached hydrogens (primary N) is 1. The van der Waals surface area contributed by atoms with Crippen molar-refractivity contribution in [2.24, 2.45) is 16.6 Å². The van der Waals surface area contributed by atoms with E-state index in [1.165, 1.54) is 12.1 Å². The average Bonchev–Trinajstić information content (AvgIpc) is 3.44. The van der Waals surface area contributed by atoms with E-state index < -0.39 is 52.3 Å². The second-order valence-electron chi connectivity index (χ2n) is 9.92. The number of benzene rings is 4. The summed E-state index contributed by atoms with van der Waals surface area (Å²) in [6, 6.07) is 12.7. The minimum atomic E-state index is -4.76. The molecule has 0 bridgehead atoms. The van der Waals surface area contributed by atoms with E-state index in [0.717, 1.165) is 23.6 Å². The first kappa shape index (κ1) is 30.0. The zero-order valence-corrected chi connectivity index (χ0v) is 22.1. The molecular weight excluding hydrogens is 580 g/mol. The van der Waals surface area contributed by atoms with Crippen LogP contribution in [0.3, 0.4) is 0 Å². The number of ether oxygens (including phenoxy) is 1. The number of alkyl halides is 2. The Morgan fingerprint density at radius 1 is 0.767 bits per heavy atom. The lowest BCUT2D eigenvalue weighted by Gasteiger charge is -2.20. The third-order valence-electron chi connectivity index (χ3n) is 6.94. The van der Waals surface area contributed by atoms with E-state index >= 15 is 0 Å². The number of aliphatic imine (C=N–C) groups is 1. The Balaban J connectivity index is 1.32. The summed E-state index contributed by atoms with van der Waals surface area (Å²) in [5, 5.41) is 0. The summed E-state index contributed by atoms with van der Waals surface area (Å²) in [7, 11) is 0. The van der Waals surface area contributed by atoms with Crippen molar-refractivity contribution < 1.29 is 39.9 Å². The maximum atomic E-state index is 15.0. The summed E-state index contributed by atoms with van der Waals surface area (Å²) in [5.41, 5.74) is 5.46. The van der Waals surface area contributed by atoms with E-state index in [9.17, 15) is 35.1 Å². The molecule has 0 aliphatic carbocycles. The van der Waals surface area contributed by atoms with Crippen LogP contribution in [0.4, 0.5) is 35.1 Å². The van der Waals surface area contributed by atoms with Gasteiger partial charge in [-0.3, -0.25) is 4.99 Å². The SMILES string of the molecule is NCC1C=N[C@H](c2ccc(/C=C/c3ccc(-c4cc(F)c(C(F)(F)Oc5cc(F)c(F)c(F)c5)c(F)c4)c(F)c3)cc2)C1. The molecule has 222 valence electrons. The van der Waals surface area contributed by atoms with Crippen LogP contribution in [0, 0.1) is 40.8 Å². The van der Waals surface area contributed by atoms with Crippen molar-refractivity contribution in [3.63, 3.8) is 0 Å². The van der Waals surface area contributed by atoms with Crippen molar-refractivity contribution in [2.75, 3.05) is 6.54 Å². The fraction of sp³-hybridized carbons (Fsp3) is 0.156. The van der Waals surface area contributed by atoms with Gasteiger partial charge in [0.15, 0.2) is 17.5 Å². The monoisotopic (exact) mass is 602 g/mol. The molecule has 4 aromatic carbocycles. The number of halogens is 8. The van der Waals surface area contributed by atoms with E-state index in [4.69, 9.17) is 5.73 Å². The lowest BCUT2D eigenvalue weighted by atomic mass is 9.98. The third kappa shape index (κ3) is 6.46. The average molecular weight is 603 g/mol. The lowest BCUT2D eigenvalue weighted by molar-refractivity contribution is -0.189. The van der Waals surface area contributed by atoms with E-state index in [-0.39, 0.29) is 35.2 Å². The molecule has 0 aromatic heterocycles. The van der Waals surface area contributed by atoms with Crippen molar-refractivity contribution >= 4 is 18.4 Å². The summed E-state index contributed by atoms with van der Waals surface area (Å²) >= 11 is 0. The molecule has 0 radical (unpaired) electrons. The molecule has 1 aliphatic heterocycles. The molecule has 0 amide bonds. The second-order valence-corrected chi connectivity index (χ2v) is 9.92. The topological polar surface area (TPSA) is 47.6 Å². The van der Waals surface area contributed by atoms with Gasteiger partial charge in [-0.2, -0.15) is 8.78 Å². The van der Waals surface area contributed by atoms with Crippen LogP contribution >= 0.6 is 0 Å². The number of hydrogen-bond donors (Lipinski definition) is 1. The predicted octanol–water partition coefficient (Wildman–Crippen LogP) is 8.58. The van der Waals surface area contributed by atoms with Gasteiger partial charge < -0.3 is 10.5 Å². The standard InChI is InChI=1S/C32H22F8N2O/c33-24-9-18(2-1-17-3-6-20(7-4-17)29-10-19(15-41)16-42-29)5-8-23(24)21-11-25(34)30(26(35)12-21)32(39,40)43-22-13-27(36)31(38)28(37)14-22/h1-9,11-14,16,19,29H,10,15,41H2/b2-1+/t19?,29-/m0/s1. The van der Waals surface area contributed by atoms with Gasteiger partial charge in [-0.05, 0) is 46.9 Å².